The van der Waals surface area contributed by atoms with E-state index in [1.165, 1.54) is 0 Å². The Bertz CT molecular complexity index is 406. The Balaban J connectivity index is 3.68. The second-order valence-electron chi connectivity index (χ2n) is 4.20. The van der Waals surface area contributed by atoms with Gasteiger partial charge >= 0.3 is 12.4 Å². The summed E-state index contributed by atoms with van der Waals surface area (Å²) >= 11 is 5.68. The molecule has 0 N–H and O–H groups in total. The van der Waals surface area contributed by atoms with Crippen LogP contribution in [0.4, 0.5) is 26.3 Å². The second-order valence-corrected chi connectivity index (χ2v) is 5.14. The van der Waals surface area contributed by atoms with Crippen LogP contribution < -0.4 is 0 Å². The number of halogens is 7. The van der Waals surface area contributed by atoms with Crippen LogP contribution in [0.3, 0.4) is 0 Å². The highest BCUT2D eigenvalue weighted by Crippen LogP contribution is 2.45. The maximum atomic E-state index is 12.7. The molecule has 0 saturated heterocycles. The third-order valence-electron chi connectivity index (χ3n) is 2.27. The van der Waals surface area contributed by atoms with Crippen molar-refractivity contribution in [1.82, 2.24) is 0 Å². The van der Waals surface area contributed by atoms with Crippen molar-refractivity contribution in [3.8, 4) is 0 Å². The predicted molar refractivity (Wildman–Crippen MR) is 55.3 cm³/mol. The van der Waals surface area contributed by atoms with E-state index in [9.17, 15) is 26.3 Å². The summed E-state index contributed by atoms with van der Waals surface area (Å²) < 4.78 is 76.3. The average Bonchev–Trinajstić information content (AvgIpc) is 2.12. The van der Waals surface area contributed by atoms with Gasteiger partial charge in [-0.15, -0.1) is 11.6 Å². The minimum atomic E-state index is -4.89. The van der Waals surface area contributed by atoms with Crippen LogP contribution >= 0.6 is 11.6 Å². The van der Waals surface area contributed by atoms with Crippen molar-refractivity contribution >= 4 is 11.6 Å². The van der Waals surface area contributed by atoms with E-state index in [1.54, 1.807) is 0 Å². The minimum Gasteiger partial charge on any atom is -0.166 e. The summed E-state index contributed by atoms with van der Waals surface area (Å²) in [6.07, 6.45) is -9.77. The third kappa shape index (κ3) is 3.10. The molecule has 1 aromatic carbocycles. The average molecular weight is 291 g/mol. The zero-order chi connectivity index (χ0) is 14.4. The molecule has 18 heavy (non-hydrogen) atoms. The Morgan fingerprint density at radius 2 is 1.17 bits per heavy atom. The quantitative estimate of drug-likeness (QED) is 0.493. The van der Waals surface area contributed by atoms with E-state index in [0.717, 1.165) is 19.9 Å². The predicted octanol–water partition coefficient (Wildman–Crippen LogP) is 5.20. The fourth-order valence-corrected chi connectivity index (χ4v) is 1.87. The summed E-state index contributed by atoms with van der Waals surface area (Å²) in [4.78, 5) is -1.78. The first kappa shape index (κ1) is 15.1. The lowest BCUT2D eigenvalue weighted by molar-refractivity contribution is -0.144. The standard InChI is InChI=1S/C11H9ClF6/c1-9(2,12)8-6(10(13,14)15)4-3-5-7(8)11(16,17)18/h3-5H,1-2H3. The molecule has 0 nitrogen and oxygen atoms in total. The first-order chi connectivity index (χ1) is 7.85. The van der Waals surface area contributed by atoms with Crippen LogP contribution in [0.5, 0.6) is 0 Å². The minimum absolute atomic E-state index is 0.592. The van der Waals surface area contributed by atoms with Gasteiger partial charge in [0.05, 0.1) is 16.0 Å². The van der Waals surface area contributed by atoms with Crippen LogP contribution in [0.2, 0.25) is 0 Å². The lowest BCUT2D eigenvalue weighted by atomic mass is 9.90. The summed E-state index contributed by atoms with van der Waals surface area (Å²) in [7, 11) is 0. The van der Waals surface area contributed by atoms with Crippen LogP contribution in [-0.2, 0) is 17.2 Å². The summed E-state index contributed by atoms with van der Waals surface area (Å²) in [5.74, 6) is 0. The maximum Gasteiger partial charge on any atom is 0.416 e. The fourth-order valence-electron chi connectivity index (χ4n) is 1.67. The van der Waals surface area contributed by atoms with Crippen molar-refractivity contribution in [2.75, 3.05) is 0 Å². The lowest BCUT2D eigenvalue weighted by Crippen LogP contribution is -2.23. The first-order valence-corrected chi connectivity index (χ1v) is 5.19. The lowest BCUT2D eigenvalue weighted by Gasteiger charge is -2.26. The molecule has 1 rings (SSSR count). The van der Waals surface area contributed by atoms with E-state index >= 15 is 0 Å². The molecule has 0 aliphatic heterocycles. The van der Waals surface area contributed by atoms with Gasteiger partial charge in [-0.25, -0.2) is 0 Å². The van der Waals surface area contributed by atoms with E-state index < -0.39 is 33.9 Å². The van der Waals surface area contributed by atoms with Gasteiger partial charge in [0.15, 0.2) is 0 Å². The SMILES string of the molecule is CC(C)(Cl)c1c(C(F)(F)F)cccc1C(F)(F)F. The van der Waals surface area contributed by atoms with Gasteiger partial charge in [0.1, 0.15) is 0 Å². The highest BCUT2D eigenvalue weighted by molar-refractivity contribution is 6.23. The van der Waals surface area contributed by atoms with E-state index in [2.05, 4.69) is 0 Å². The largest absolute Gasteiger partial charge is 0.416 e. The molecule has 0 aromatic heterocycles. The van der Waals surface area contributed by atoms with Crippen molar-refractivity contribution < 1.29 is 26.3 Å². The monoisotopic (exact) mass is 290 g/mol. The Hall–Kier alpha value is -0.910. The Morgan fingerprint density at radius 1 is 0.833 bits per heavy atom. The second kappa shape index (κ2) is 4.33. The molecule has 0 aliphatic carbocycles. The molecule has 102 valence electrons. The van der Waals surface area contributed by atoms with Crippen LogP contribution in [0.25, 0.3) is 0 Å². The van der Waals surface area contributed by atoms with Crippen molar-refractivity contribution in [2.24, 2.45) is 0 Å². The molecule has 0 unspecified atom stereocenters. The summed E-state index contributed by atoms with van der Waals surface area (Å²) in [6.45, 7) is 2.18. The summed E-state index contributed by atoms with van der Waals surface area (Å²) in [6, 6.07) is 1.90. The van der Waals surface area contributed by atoms with Gasteiger partial charge < -0.3 is 0 Å². The molecular formula is C11H9ClF6. The van der Waals surface area contributed by atoms with E-state index in [-0.39, 0.29) is 0 Å². The Labute approximate surface area is 105 Å². The first-order valence-electron chi connectivity index (χ1n) is 4.82. The van der Waals surface area contributed by atoms with Crippen molar-refractivity contribution in [3.05, 3.63) is 34.9 Å². The van der Waals surface area contributed by atoms with Gasteiger partial charge in [0.25, 0.3) is 0 Å². The maximum absolute atomic E-state index is 12.7. The molecule has 0 amide bonds. The highest BCUT2D eigenvalue weighted by atomic mass is 35.5. The topological polar surface area (TPSA) is 0 Å². The number of hydrogen-bond donors (Lipinski definition) is 0. The van der Waals surface area contributed by atoms with Crippen molar-refractivity contribution in [1.29, 1.82) is 0 Å². The van der Waals surface area contributed by atoms with E-state index in [0.29, 0.717) is 12.1 Å². The molecule has 0 heterocycles. The highest BCUT2D eigenvalue weighted by Gasteiger charge is 2.44. The molecule has 7 heteroatoms. The van der Waals surface area contributed by atoms with Gasteiger partial charge in [-0.1, -0.05) is 6.07 Å². The molecular weight excluding hydrogens is 282 g/mol. The van der Waals surface area contributed by atoms with Gasteiger partial charge in [-0.3, -0.25) is 0 Å². The molecule has 0 aliphatic rings. The molecule has 0 atom stereocenters. The summed E-state index contributed by atoms with van der Waals surface area (Å²) in [5, 5.41) is 0. The molecule has 0 radical (unpaired) electrons. The number of benzene rings is 1. The van der Waals surface area contributed by atoms with Gasteiger partial charge in [-0.05, 0) is 31.5 Å². The van der Waals surface area contributed by atoms with Gasteiger partial charge in [0, 0.05) is 0 Å². The third-order valence-corrected chi connectivity index (χ3v) is 2.46. The fraction of sp³-hybridized carbons (Fsp3) is 0.455. The normalized spacial score (nSPS) is 13.8. The zero-order valence-corrected chi connectivity index (χ0v) is 10.1. The molecule has 0 spiro atoms. The molecule has 0 fully saturated rings. The van der Waals surface area contributed by atoms with Crippen molar-refractivity contribution in [3.63, 3.8) is 0 Å². The van der Waals surface area contributed by atoms with E-state index in [1.807, 2.05) is 0 Å². The Morgan fingerprint density at radius 3 is 1.39 bits per heavy atom. The van der Waals surface area contributed by atoms with Crippen LogP contribution in [0.1, 0.15) is 30.5 Å². The van der Waals surface area contributed by atoms with Crippen molar-refractivity contribution in [2.45, 2.75) is 31.1 Å². The Kier molecular flexibility index (Phi) is 3.64. The van der Waals surface area contributed by atoms with E-state index in [4.69, 9.17) is 11.6 Å². The molecule has 0 bridgehead atoms. The van der Waals surface area contributed by atoms with Crippen LogP contribution in [0.15, 0.2) is 18.2 Å². The molecule has 0 saturated carbocycles. The summed E-state index contributed by atoms with van der Waals surface area (Å²) in [5.41, 5.74) is -3.68. The van der Waals surface area contributed by atoms with Crippen LogP contribution in [-0.4, -0.2) is 0 Å². The van der Waals surface area contributed by atoms with Crippen LogP contribution in [0, 0.1) is 0 Å². The smallest absolute Gasteiger partial charge is 0.166 e. The number of alkyl halides is 7. The zero-order valence-electron chi connectivity index (χ0n) is 9.38. The van der Waals surface area contributed by atoms with Gasteiger partial charge in [-0.2, -0.15) is 26.3 Å². The molecule has 1 aromatic rings. The number of rotatable bonds is 1. The number of hydrogen-bond acceptors (Lipinski definition) is 0. The van der Waals surface area contributed by atoms with Gasteiger partial charge in [0.2, 0.25) is 0 Å².